The Morgan fingerprint density at radius 2 is 2.10 bits per heavy atom. The Morgan fingerprint density at radius 1 is 1.38 bits per heavy atom. The van der Waals surface area contributed by atoms with Crippen LogP contribution in [0.4, 0.5) is 5.69 Å². The van der Waals surface area contributed by atoms with Crippen molar-refractivity contribution >= 4 is 23.5 Å². The highest BCUT2D eigenvalue weighted by Gasteiger charge is 2.37. The molecule has 1 aromatic rings. The Bertz CT molecular complexity index is 572. The maximum Gasteiger partial charge on any atom is 0.311 e. The van der Waals surface area contributed by atoms with Gasteiger partial charge in [0.05, 0.1) is 18.7 Å². The number of benzene rings is 1. The minimum Gasteiger partial charge on any atom is -0.495 e. The van der Waals surface area contributed by atoms with Crippen LogP contribution in [0.3, 0.4) is 0 Å². The molecule has 7 nitrogen and oxygen atoms in total. The van der Waals surface area contributed by atoms with Gasteiger partial charge in [0.1, 0.15) is 5.75 Å². The molecule has 1 aromatic carbocycles. The van der Waals surface area contributed by atoms with Crippen LogP contribution in [-0.2, 0) is 19.1 Å². The van der Waals surface area contributed by atoms with Crippen molar-refractivity contribution in [3.05, 3.63) is 24.3 Å². The van der Waals surface area contributed by atoms with Gasteiger partial charge in [-0.3, -0.25) is 14.4 Å². The first kappa shape index (κ1) is 14.8. The number of nitrogens with zero attached hydrogens (tertiary/aromatic N) is 1. The molecule has 0 aliphatic carbocycles. The summed E-state index contributed by atoms with van der Waals surface area (Å²) in [6.07, 6.45) is 0.0373. The highest BCUT2D eigenvalue weighted by molar-refractivity contribution is 6.00. The molecular weight excluding hydrogens is 276 g/mol. The van der Waals surface area contributed by atoms with Gasteiger partial charge in [0.25, 0.3) is 5.91 Å². The highest BCUT2D eigenvalue weighted by atomic mass is 16.5. The van der Waals surface area contributed by atoms with E-state index in [4.69, 9.17) is 15.2 Å². The molecule has 7 heteroatoms. The van der Waals surface area contributed by atoms with Crippen molar-refractivity contribution in [3.63, 3.8) is 0 Å². The molecule has 2 amide bonds. The predicted octanol–water partition coefficient (Wildman–Crippen LogP) is 0.0766. The quantitative estimate of drug-likeness (QED) is 0.775. The van der Waals surface area contributed by atoms with Crippen molar-refractivity contribution in [2.24, 2.45) is 11.7 Å². The van der Waals surface area contributed by atoms with Gasteiger partial charge < -0.3 is 20.1 Å². The van der Waals surface area contributed by atoms with Gasteiger partial charge in [0.2, 0.25) is 5.91 Å². The van der Waals surface area contributed by atoms with Gasteiger partial charge in [-0.15, -0.1) is 0 Å². The second kappa shape index (κ2) is 6.25. The molecule has 0 aromatic heterocycles. The van der Waals surface area contributed by atoms with Gasteiger partial charge in [-0.2, -0.15) is 0 Å². The first-order valence-corrected chi connectivity index (χ1v) is 6.41. The molecule has 1 fully saturated rings. The second-order valence-corrected chi connectivity index (χ2v) is 4.65. The number of ether oxygens (including phenoxy) is 2. The Labute approximate surface area is 121 Å². The fourth-order valence-corrected chi connectivity index (χ4v) is 2.21. The van der Waals surface area contributed by atoms with E-state index in [1.165, 1.54) is 12.0 Å². The molecule has 1 heterocycles. The van der Waals surface area contributed by atoms with E-state index >= 15 is 0 Å². The fourth-order valence-electron chi connectivity index (χ4n) is 2.21. The van der Waals surface area contributed by atoms with Crippen LogP contribution >= 0.6 is 0 Å². The predicted molar refractivity (Wildman–Crippen MR) is 73.6 cm³/mol. The number of hydrogen-bond donors (Lipinski definition) is 1. The lowest BCUT2D eigenvalue weighted by molar-refractivity contribution is -0.151. The number of amides is 2. The maximum absolute atomic E-state index is 12.1. The van der Waals surface area contributed by atoms with Crippen LogP contribution in [0.2, 0.25) is 0 Å². The Hall–Kier alpha value is -2.57. The molecule has 21 heavy (non-hydrogen) atoms. The molecule has 0 saturated carbocycles. The van der Waals surface area contributed by atoms with Gasteiger partial charge in [0.15, 0.2) is 6.61 Å². The van der Waals surface area contributed by atoms with Gasteiger partial charge in [0, 0.05) is 13.0 Å². The molecule has 1 aliphatic heterocycles. The summed E-state index contributed by atoms with van der Waals surface area (Å²) in [6.45, 7) is -0.283. The van der Waals surface area contributed by atoms with E-state index < -0.39 is 24.4 Å². The topological polar surface area (TPSA) is 98.9 Å². The molecule has 2 rings (SSSR count). The molecule has 1 aliphatic rings. The number of anilines is 1. The number of methoxy groups -OCH3 is 1. The van der Waals surface area contributed by atoms with Crippen LogP contribution in [0.1, 0.15) is 6.42 Å². The largest absolute Gasteiger partial charge is 0.495 e. The smallest absolute Gasteiger partial charge is 0.311 e. The monoisotopic (exact) mass is 292 g/mol. The molecular formula is C14H16N2O5. The number of esters is 1. The van der Waals surface area contributed by atoms with E-state index in [2.05, 4.69) is 0 Å². The first-order valence-electron chi connectivity index (χ1n) is 6.41. The molecule has 1 saturated heterocycles. The SMILES string of the molecule is COc1ccccc1N1C[C@H](C(=O)OCC(N)=O)CC1=O. The zero-order chi connectivity index (χ0) is 15.4. The number of rotatable bonds is 5. The van der Waals surface area contributed by atoms with E-state index in [1.54, 1.807) is 24.3 Å². The zero-order valence-corrected chi connectivity index (χ0v) is 11.6. The number of nitrogens with two attached hydrogens (primary N) is 1. The minimum absolute atomic E-state index is 0.0373. The summed E-state index contributed by atoms with van der Waals surface area (Å²) in [5.41, 5.74) is 5.52. The Morgan fingerprint density at radius 3 is 2.76 bits per heavy atom. The molecule has 0 bridgehead atoms. The third kappa shape index (κ3) is 3.31. The lowest BCUT2D eigenvalue weighted by Gasteiger charge is -2.19. The van der Waals surface area contributed by atoms with Gasteiger partial charge >= 0.3 is 5.97 Å². The summed E-state index contributed by atoms with van der Waals surface area (Å²) >= 11 is 0. The number of carbonyl (C=O) groups excluding carboxylic acids is 3. The third-order valence-corrected chi connectivity index (χ3v) is 3.19. The van der Waals surface area contributed by atoms with Crippen LogP contribution < -0.4 is 15.4 Å². The van der Waals surface area contributed by atoms with Crippen molar-refractivity contribution in [2.75, 3.05) is 25.2 Å². The summed E-state index contributed by atoms with van der Waals surface area (Å²) in [7, 11) is 1.51. The molecule has 0 unspecified atom stereocenters. The van der Waals surface area contributed by atoms with Gasteiger partial charge in [-0.25, -0.2) is 0 Å². The Kier molecular flexibility index (Phi) is 4.42. The number of hydrogen-bond acceptors (Lipinski definition) is 5. The van der Waals surface area contributed by atoms with Crippen LogP contribution in [0, 0.1) is 5.92 Å². The van der Waals surface area contributed by atoms with Crippen molar-refractivity contribution in [1.82, 2.24) is 0 Å². The van der Waals surface area contributed by atoms with Crippen LogP contribution in [0.25, 0.3) is 0 Å². The summed E-state index contributed by atoms with van der Waals surface area (Å²) in [5, 5.41) is 0. The van der Waals surface area contributed by atoms with E-state index in [1.807, 2.05) is 0 Å². The summed E-state index contributed by atoms with van der Waals surface area (Å²) in [6, 6.07) is 7.06. The van der Waals surface area contributed by atoms with Crippen LogP contribution in [-0.4, -0.2) is 38.0 Å². The lowest BCUT2D eigenvalue weighted by atomic mass is 10.1. The first-order chi connectivity index (χ1) is 10.0. The average Bonchev–Trinajstić information content (AvgIpc) is 2.86. The summed E-state index contributed by atoms with van der Waals surface area (Å²) < 4.78 is 9.96. The Balaban J connectivity index is 2.09. The van der Waals surface area contributed by atoms with Crippen molar-refractivity contribution < 1.29 is 23.9 Å². The summed E-state index contributed by atoms with van der Waals surface area (Å²) in [5.74, 6) is -1.58. The van der Waals surface area contributed by atoms with Gasteiger partial charge in [-0.1, -0.05) is 12.1 Å². The second-order valence-electron chi connectivity index (χ2n) is 4.65. The van der Waals surface area contributed by atoms with E-state index in [-0.39, 0.29) is 18.9 Å². The van der Waals surface area contributed by atoms with Crippen molar-refractivity contribution in [2.45, 2.75) is 6.42 Å². The van der Waals surface area contributed by atoms with E-state index in [0.717, 1.165) is 0 Å². The molecule has 0 spiro atoms. The number of para-hydroxylation sites is 2. The van der Waals surface area contributed by atoms with Crippen molar-refractivity contribution in [3.8, 4) is 5.75 Å². The fraction of sp³-hybridized carbons (Fsp3) is 0.357. The van der Waals surface area contributed by atoms with Gasteiger partial charge in [-0.05, 0) is 12.1 Å². The van der Waals surface area contributed by atoms with Crippen molar-refractivity contribution in [1.29, 1.82) is 0 Å². The van der Waals surface area contributed by atoms with E-state index in [0.29, 0.717) is 11.4 Å². The van der Waals surface area contributed by atoms with E-state index in [9.17, 15) is 14.4 Å². The third-order valence-electron chi connectivity index (χ3n) is 3.19. The molecule has 1 atom stereocenters. The standard InChI is InChI=1S/C14H16N2O5/c1-20-11-5-3-2-4-10(11)16-7-9(6-13(16)18)14(19)21-8-12(15)17/h2-5,9H,6-8H2,1H3,(H2,15,17)/t9-/m1/s1. The summed E-state index contributed by atoms with van der Waals surface area (Å²) in [4.78, 5) is 35.9. The average molecular weight is 292 g/mol. The minimum atomic E-state index is -0.728. The maximum atomic E-state index is 12.1. The highest BCUT2D eigenvalue weighted by Crippen LogP contribution is 2.32. The lowest BCUT2D eigenvalue weighted by Crippen LogP contribution is -2.28. The number of primary amides is 1. The number of carbonyl (C=O) groups is 3. The normalized spacial score (nSPS) is 17.7. The van der Waals surface area contributed by atoms with Crippen LogP contribution in [0.5, 0.6) is 5.75 Å². The zero-order valence-electron chi connectivity index (χ0n) is 11.6. The molecule has 2 N–H and O–H groups in total. The molecule has 0 radical (unpaired) electrons. The molecule has 112 valence electrons. The van der Waals surface area contributed by atoms with Crippen LogP contribution in [0.15, 0.2) is 24.3 Å².